The third kappa shape index (κ3) is 2.99. The lowest BCUT2D eigenvalue weighted by Crippen LogP contribution is -2.02. The molecule has 3 rings (SSSR count). The van der Waals surface area contributed by atoms with Crippen LogP contribution in [0.2, 0.25) is 0 Å². The number of thiazole rings is 1. The van der Waals surface area contributed by atoms with Crippen LogP contribution in [-0.4, -0.2) is 16.5 Å². The number of aryl methyl sites for hydroxylation is 1. The molecule has 104 valence electrons. The maximum absolute atomic E-state index is 5.05. The Kier molecular flexibility index (Phi) is 3.98. The minimum atomic E-state index is 0.780. The number of thiocarbonyl (C=S) groups is 1. The highest BCUT2D eigenvalue weighted by Gasteiger charge is 2.14. The monoisotopic (exact) mass is 303 g/mol. The minimum Gasteiger partial charge on any atom is -0.375 e. The Balaban J connectivity index is 1.84. The number of hydrogen-bond donors (Lipinski definition) is 2. The Hall–Kier alpha value is -1.46. The molecule has 5 heteroatoms. The summed E-state index contributed by atoms with van der Waals surface area (Å²) in [4.78, 5) is 5.56. The van der Waals surface area contributed by atoms with E-state index in [1.54, 1.807) is 11.3 Å². The molecule has 1 aliphatic rings. The van der Waals surface area contributed by atoms with Gasteiger partial charge >= 0.3 is 0 Å². The van der Waals surface area contributed by atoms with E-state index in [1.165, 1.54) is 23.5 Å². The van der Waals surface area contributed by atoms with Crippen molar-refractivity contribution in [2.24, 2.45) is 0 Å². The molecule has 0 aliphatic carbocycles. The smallest absolute Gasteiger partial charge is 0.125 e. The van der Waals surface area contributed by atoms with Gasteiger partial charge in [0.15, 0.2) is 0 Å². The lowest BCUT2D eigenvalue weighted by Gasteiger charge is -2.04. The van der Waals surface area contributed by atoms with E-state index in [4.69, 9.17) is 17.2 Å². The summed E-state index contributed by atoms with van der Waals surface area (Å²) >= 11 is 6.80. The van der Waals surface area contributed by atoms with Crippen molar-refractivity contribution in [1.29, 1.82) is 0 Å². The van der Waals surface area contributed by atoms with Crippen molar-refractivity contribution in [1.82, 2.24) is 4.98 Å². The van der Waals surface area contributed by atoms with Crippen LogP contribution < -0.4 is 10.6 Å². The van der Waals surface area contributed by atoms with Gasteiger partial charge in [-0.2, -0.15) is 0 Å². The van der Waals surface area contributed by atoms with Gasteiger partial charge in [-0.05, 0) is 50.5 Å². The average Bonchev–Trinajstić information content (AvgIpc) is 2.70. The fraction of sp³-hybridized carbons (Fsp3) is 0.333. The Bertz CT molecular complexity index is 593. The molecule has 2 heterocycles. The minimum absolute atomic E-state index is 0.780. The summed E-state index contributed by atoms with van der Waals surface area (Å²) in [6, 6.07) is 8.29. The van der Waals surface area contributed by atoms with Crippen molar-refractivity contribution in [2.45, 2.75) is 26.2 Å². The summed E-state index contributed by atoms with van der Waals surface area (Å²) in [6.07, 6.45) is 3.54. The summed E-state index contributed by atoms with van der Waals surface area (Å²) in [5.41, 5.74) is 3.41. The maximum atomic E-state index is 5.05. The molecule has 2 aromatic rings. The van der Waals surface area contributed by atoms with Gasteiger partial charge in [0.2, 0.25) is 0 Å². The van der Waals surface area contributed by atoms with Gasteiger partial charge in [-0.3, -0.25) is 0 Å². The van der Waals surface area contributed by atoms with Crippen molar-refractivity contribution in [3.8, 4) is 10.6 Å². The number of rotatable bonds is 2. The van der Waals surface area contributed by atoms with Crippen LogP contribution in [0.3, 0.4) is 0 Å². The third-order valence-corrected chi connectivity index (χ3v) is 4.48. The Morgan fingerprint density at radius 2 is 2.10 bits per heavy atom. The lowest BCUT2D eigenvalue weighted by atomic mass is 10.2. The van der Waals surface area contributed by atoms with Gasteiger partial charge in [-0.15, -0.1) is 0 Å². The van der Waals surface area contributed by atoms with Crippen LogP contribution in [0, 0.1) is 0 Å². The summed E-state index contributed by atoms with van der Waals surface area (Å²) < 4.78 is 0. The normalized spacial score (nSPS) is 14.1. The molecular formula is C15H17N3S2. The first-order valence-corrected chi connectivity index (χ1v) is 8.06. The molecule has 0 bridgehead atoms. The van der Waals surface area contributed by atoms with Crippen LogP contribution in [0.15, 0.2) is 24.3 Å². The first kappa shape index (κ1) is 13.5. The van der Waals surface area contributed by atoms with E-state index in [1.807, 2.05) is 19.1 Å². The van der Waals surface area contributed by atoms with E-state index >= 15 is 0 Å². The number of benzene rings is 1. The van der Waals surface area contributed by atoms with Crippen LogP contribution in [0.1, 0.15) is 25.5 Å². The number of hydrogen-bond acceptors (Lipinski definition) is 4. The second-order valence-electron chi connectivity index (χ2n) is 4.94. The largest absolute Gasteiger partial charge is 0.375 e. The van der Waals surface area contributed by atoms with E-state index in [9.17, 15) is 0 Å². The van der Waals surface area contributed by atoms with Crippen molar-refractivity contribution in [3.05, 3.63) is 30.0 Å². The Labute approximate surface area is 128 Å². The van der Waals surface area contributed by atoms with Crippen molar-refractivity contribution in [2.75, 3.05) is 17.2 Å². The summed E-state index contributed by atoms with van der Waals surface area (Å²) in [7, 11) is 0. The molecule has 1 aromatic heterocycles. The maximum Gasteiger partial charge on any atom is 0.125 e. The average molecular weight is 303 g/mol. The van der Waals surface area contributed by atoms with Gasteiger partial charge in [-0.25, -0.2) is 4.98 Å². The zero-order chi connectivity index (χ0) is 13.9. The molecule has 0 saturated heterocycles. The summed E-state index contributed by atoms with van der Waals surface area (Å²) in [5.74, 6) is 0. The molecule has 3 nitrogen and oxygen atoms in total. The van der Waals surface area contributed by atoms with E-state index in [-0.39, 0.29) is 0 Å². The molecule has 2 N–H and O–H groups in total. The topological polar surface area (TPSA) is 37.0 Å². The van der Waals surface area contributed by atoms with Gasteiger partial charge in [0.25, 0.3) is 0 Å². The van der Waals surface area contributed by atoms with E-state index in [2.05, 4.69) is 22.8 Å². The number of anilines is 2. The molecule has 0 atom stereocenters. The van der Waals surface area contributed by atoms with Crippen LogP contribution in [0.25, 0.3) is 10.6 Å². The predicted molar refractivity (Wildman–Crippen MR) is 90.9 cm³/mol. The van der Waals surface area contributed by atoms with Gasteiger partial charge in [0, 0.05) is 17.8 Å². The fourth-order valence-electron chi connectivity index (χ4n) is 2.30. The molecule has 0 unspecified atom stereocenters. The molecule has 0 amide bonds. The van der Waals surface area contributed by atoms with Gasteiger partial charge < -0.3 is 10.6 Å². The lowest BCUT2D eigenvalue weighted by molar-refractivity contribution is 0.775. The number of aromatic nitrogens is 1. The van der Waals surface area contributed by atoms with Crippen molar-refractivity contribution < 1.29 is 0 Å². The molecule has 0 fully saturated rings. The molecular weight excluding hydrogens is 286 g/mol. The van der Waals surface area contributed by atoms with Crippen molar-refractivity contribution in [3.63, 3.8) is 0 Å². The van der Waals surface area contributed by atoms with Gasteiger partial charge in [0.05, 0.1) is 10.7 Å². The van der Waals surface area contributed by atoms with Crippen LogP contribution in [0.4, 0.5) is 10.7 Å². The molecule has 20 heavy (non-hydrogen) atoms. The first-order valence-electron chi connectivity index (χ1n) is 6.84. The zero-order valence-electron chi connectivity index (χ0n) is 11.4. The molecule has 0 saturated carbocycles. The standard InChI is InChI=1S/C15H17N3S2/c1-10(19)17-12-7-5-11(6-8-12)14-18-13-4-2-3-9-16-15(13)20-14/h5-8,16H,2-4,9H2,1H3,(H,17,19). The Morgan fingerprint density at radius 1 is 1.30 bits per heavy atom. The second kappa shape index (κ2) is 5.89. The molecule has 0 radical (unpaired) electrons. The highest BCUT2D eigenvalue weighted by molar-refractivity contribution is 7.80. The number of nitrogens with one attached hydrogen (secondary N) is 2. The molecule has 1 aromatic carbocycles. The zero-order valence-corrected chi connectivity index (χ0v) is 13.0. The molecule has 0 spiro atoms. The summed E-state index contributed by atoms with van der Waals surface area (Å²) in [6.45, 7) is 2.94. The SMILES string of the molecule is CC(=S)Nc1ccc(-c2nc3c(s2)NCCCC3)cc1. The fourth-order valence-corrected chi connectivity index (χ4v) is 3.46. The predicted octanol–water partition coefficient (Wildman–Crippen LogP) is 4.32. The van der Waals surface area contributed by atoms with Gasteiger partial charge in [-0.1, -0.05) is 23.6 Å². The van der Waals surface area contributed by atoms with Crippen molar-refractivity contribution >= 4 is 39.2 Å². The highest BCUT2D eigenvalue weighted by Crippen LogP contribution is 2.34. The number of nitrogens with zero attached hydrogens (tertiary/aromatic N) is 1. The quantitative estimate of drug-likeness (QED) is 0.810. The molecule has 1 aliphatic heterocycles. The van der Waals surface area contributed by atoms with E-state index in [0.29, 0.717) is 0 Å². The number of fused-ring (bicyclic) bond motifs is 1. The van der Waals surface area contributed by atoms with Gasteiger partial charge in [0.1, 0.15) is 10.0 Å². The third-order valence-electron chi connectivity index (χ3n) is 3.28. The highest BCUT2D eigenvalue weighted by atomic mass is 32.1. The van der Waals surface area contributed by atoms with Crippen LogP contribution in [0.5, 0.6) is 0 Å². The second-order valence-corrected chi connectivity index (χ2v) is 6.55. The van der Waals surface area contributed by atoms with E-state index in [0.717, 1.165) is 34.2 Å². The van der Waals surface area contributed by atoms with E-state index < -0.39 is 0 Å². The van der Waals surface area contributed by atoms with Crippen LogP contribution >= 0.6 is 23.6 Å². The van der Waals surface area contributed by atoms with Crippen LogP contribution in [-0.2, 0) is 6.42 Å². The first-order chi connectivity index (χ1) is 9.72. The summed E-state index contributed by atoms with van der Waals surface area (Å²) in [5, 5.41) is 8.96. The Morgan fingerprint density at radius 3 is 2.85 bits per heavy atom.